The number of benzene rings is 1. The molecule has 0 amide bonds. The zero-order valence-corrected chi connectivity index (χ0v) is 12.7. The Morgan fingerprint density at radius 1 is 1.22 bits per heavy atom. The number of thioether (sulfide) groups is 1. The van der Waals surface area contributed by atoms with E-state index in [1.165, 1.54) is 0 Å². The van der Waals surface area contributed by atoms with E-state index in [0.717, 1.165) is 40.4 Å². The standard InChI is InChI=1S/C14H23NO2S/c1-9-10(2)14(17-4)11(8-13(9)16-3)12(15)6-7-18-5/h8,12H,6-7,15H2,1-5H3. The molecule has 0 bridgehead atoms. The molecule has 0 heterocycles. The molecule has 18 heavy (non-hydrogen) atoms. The van der Waals surface area contributed by atoms with Crippen LogP contribution in [0.2, 0.25) is 0 Å². The van der Waals surface area contributed by atoms with E-state index in [1.54, 1.807) is 26.0 Å². The maximum Gasteiger partial charge on any atom is 0.127 e. The summed E-state index contributed by atoms with van der Waals surface area (Å²) in [6, 6.07) is 1.99. The Balaban J connectivity index is 3.20. The van der Waals surface area contributed by atoms with Crippen molar-refractivity contribution in [3.8, 4) is 11.5 Å². The zero-order chi connectivity index (χ0) is 13.7. The zero-order valence-electron chi connectivity index (χ0n) is 11.9. The highest BCUT2D eigenvalue weighted by Gasteiger charge is 2.18. The fourth-order valence-corrected chi connectivity index (χ4v) is 2.53. The van der Waals surface area contributed by atoms with Gasteiger partial charge >= 0.3 is 0 Å². The first-order valence-corrected chi connectivity index (χ1v) is 7.42. The van der Waals surface area contributed by atoms with Gasteiger partial charge in [-0.05, 0) is 49.5 Å². The first-order chi connectivity index (χ1) is 8.56. The second-order valence-electron chi connectivity index (χ2n) is 4.34. The minimum absolute atomic E-state index is 0.0133. The number of ether oxygens (including phenoxy) is 2. The van der Waals surface area contributed by atoms with Crippen LogP contribution >= 0.6 is 11.8 Å². The maximum atomic E-state index is 6.25. The van der Waals surface area contributed by atoms with E-state index in [-0.39, 0.29) is 6.04 Å². The van der Waals surface area contributed by atoms with Crippen LogP contribution in [0.5, 0.6) is 11.5 Å². The van der Waals surface area contributed by atoms with Crippen molar-refractivity contribution in [1.29, 1.82) is 0 Å². The Labute approximate surface area is 114 Å². The van der Waals surface area contributed by atoms with Gasteiger partial charge in [0.1, 0.15) is 11.5 Å². The Kier molecular flexibility index (Phi) is 5.82. The molecule has 0 saturated carbocycles. The molecular weight excluding hydrogens is 246 g/mol. The molecule has 0 radical (unpaired) electrons. The van der Waals surface area contributed by atoms with Gasteiger partial charge in [-0.1, -0.05) is 0 Å². The topological polar surface area (TPSA) is 44.5 Å². The normalized spacial score (nSPS) is 12.3. The van der Waals surface area contributed by atoms with Crippen molar-refractivity contribution in [3.05, 3.63) is 22.8 Å². The van der Waals surface area contributed by atoms with Crippen molar-refractivity contribution in [2.75, 3.05) is 26.2 Å². The highest BCUT2D eigenvalue weighted by molar-refractivity contribution is 7.98. The van der Waals surface area contributed by atoms with Crippen molar-refractivity contribution in [2.24, 2.45) is 5.73 Å². The Hall–Kier alpha value is -0.870. The third-order valence-electron chi connectivity index (χ3n) is 3.28. The van der Waals surface area contributed by atoms with E-state index in [2.05, 4.69) is 6.26 Å². The second kappa shape index (κ2) is 6.90. The largest absolute Gasteiger partial charge is 0.496 e. The lowest BCUT2D eigenvalue weighted by Crippen LogP contribution is -2.14. The van der Waals surface area contributed by atoms with Crippen molar-refractivity contribution >= 4 is 11.8 Å². The van der Waals surface area contributed by atoms with E-state index in [1.807, 2.05) is 19.9 Å². The molecule has 1 unspecified atom stereocenters. The highest BCUT2D eigenvalue weighted by atomic mass is 32.2. The summed E-state index contributed by atoms with van der Waals surface area (Å²) >= 11 is 1.80. The summed E-state index contributed by atoms with van der Waals surface area (Å²) in [5.41, 5.74) is 9.49. The Morgan fingerprint density at radius 3 is 2.39 bits per heavy atom. The highest BCUT2D eigenvalue weighted by Crippen LogP contribution is 2.36. The summed E-state index contributed by atoms with van der Waals surface area (Å²) in [6.45, 7) is 4.08. The first kappa shape index (κ1) is 15.2. The van der Waals surface area contributed by atoms with Crippen molar-refractivity contribution in [3.63, 3.8) is 0 Å². The molecule has 4 heteroatoms. The third kappa shape index (κ3) is 3.12. The molecule has 1 aromatic rings. The minimum Gasteiger partial charge on any atom is -0.496 e. The van der Waals surface area contributed by atoms with Crippen LogP contribution in [0.15, 0.2) is 6.07 Å². The monoisotopic (exact) mass is 269 g/mol. The van der Waals surface area contributed by atoms with Crippen LogP contribution in [-0.4, -0.2) is 26.2 Å². The van der Waals surface area contributed by atoms with E-state index in [9.17, 15) is 0 Å². The van der Waals surface area contributed by atoms with Crippen LogP contribution in [0.4, 0.5) is 0 Å². The molecule has 0 aliphatic carbocycles. The molecule has 1 rings (SSSR count). The fraction of sp³-hybridized carbons (Fsp3) is 0.571. The summed E-state index contributed by atoms with van der Waals surface area (Å²) in [5.74, 6) is 2.81. The Morgan fingerprint density at radius 2 is 1.89 bits per heavy atom. The van der Waals surface area contributed by atoms with Crippen LogP contribution in [0.25, 0.3) is 0 Å². The number of methoxy groups -OCH3 is 2. The van der Waals surface area contributed by atoms with Gasteiger partial charge in [-0.15, -0.1) is 0 Å². The van der Waals surface area contributed by atoms with E-state index >= 15 is 0 Å². The molecule has 2 N–H and O–H groups in total. The van der Waals surface area contributed by atoms with Gasteiger partial charge in [0.15, 0.2) is 0 Å². The average Bonchev–Trinajstić information content (AvgIpc) is 2.38. The van der Waals surface area contributed by atoms with Gasteiger partial charge < -0.3 is 15.2 Å². The quantitative estimate of drug-likeness (QED) is 0.862. The van der Waals surface area contributed by atoms with Gasteiger partial charge in [0, 0.05) is 11.6 Å². The lowest BCUT2D eigenvalue weighted by molar-refractivity contribution is 0.389. The predicted octanol–water partition coefficient (Wildman–Crippen LogP) is 3.07. The molecule has 3 nitrogen and oxygen atoms in total. The van der Waals surface area contributed by atoms with Crippen molar-refractivity contribution < 1.29 is 9.47 Å². The van der Waals surface area contributed by atoms with E-state index in [4.69, 9.17) is 15.2 Å². The number of nitrogens with two attached hydrogens (primary N) is 1. The van der Waals surface area contributed by atoms with Gasteiger partial charge in [-0.3, -0.25) is 0 Å². The molecule has 0 fully saturated rings. The van der Waals surface area contributed by atoms with Gasteiger partial charge in [-0.2, -0.15) is 11.8 Å². The van der Waals surface area contributed by atoms with E-state index in [0.29, 0.717) is 0 Å². The second-order valence-corrected chi connectivity index (χ2v) is 5.32. The number of hydrogen-bond donors (Lipinski definition) is 1. The molecule has 0 spiro atoms. The Bertz CT molecular complexity index is 407. The molecule has 102 valence electrons. The third-order valence-corrected chi connectivity index (χ3v) is 3.92. The summed E-state index contributed by atoms with van der Waals surface area (Å²) in [6.07, 6.45) is 3.02. The molecular formula is C14H23NO2S. The maximum absolute atomic E-state index is 6.25. The summed E-state index contributed by atoms with van der Waals surface area (Å²) in [5, 5.41) is 0. The fourth-order valence-electron chi connectivity index (χ4n) is 2.05. The average molecular weight is 269 g/mol. The van der Waals surface area contributed by atoms with Crippen LogP contribution in [-0.2, 0) is 0 Å². The van der Waals surface area contributed by atoms with Crippen LogP contribution in [0, 0.1) is 13.8 Å². The molecule has 0 saturated heterocycles. The molecule has 0 aliphatic rings. The summed E-state index contributed by atoms with van der Waals surface area (Å²) in [4.78, 5) is 0. The number of hydrogen-bond acceptors (Lipinski definition) is 4. The van der Waals surface area contributed by atoms with Crippen LogP contribution in [0.1, 0.15) is 29.2 Å². The van der Waals surface area contributed by atoms with Crippen molar-refractivity contribution in [1.82, 2.24) is 0 Å². The summed E-state index contributed by atoms with van der Waals surface area (Å²) in [7, 11) is 3.38. The SMILES string of the molecule is COc1cc(C(N)CCSC)c(OC)c(C)c1C. The predicted molar refractivity (Wildman–Crippen MR) is 78.9 cm³/mol. The molecule has 0 aromatic heterocycles. The molecule has 1 aromatic carbocycles. The lowest BCUT2D eigenvalue weighted by atomic mass is 9.97. The van der Waals surface area contributed by atoms with Gasteiger partial charge in [0.25, 0.3) is 0 Å². The molecule has 1 atom stereocenters. The van der Waals surface area contributed by atoms with Gasteiger partial charge in [0.05, 0.1) is 14.2 Å². The van der Waals surface area contributed by atoms with E-state index < -0.39 is 0 Å². The number of rotatable bonds is 6. The molecule has 0 aliphatic heterocycles. The lowest BCUT2D eigenvalue weighted by Gasteiger charge is -2.20. The first-order valence-electron chi connectivity index (χ1n) is 6.03. The smallest absolute Gasteiger partial charge is 0.127 e. The summed E-state index contributed by atoms with van der Waals surface area (Å²) < 4.78 is 10.9. The van der Waals surface area contributed by atoms with Gasteiger partial charge in [0.2, 0.25) is 0 Å². The van der Waals surface area contributed by atoms with Crippen LogP contribution in [0.3, 0.4) is 0 Å². The van der Waals surface area contributed by atoms with Gasteiger partial charge in [-0.25, -0.2) is 0 Å². The minimum atomic E-state index is -0.0133. The van der Waals surface area contributed by atoms with Crippen molar-refractivity contribution in [2.45, 2.75) is 26.3 Å². The van der Waals surface area contributed by atoms with Crippen LogP contribution < -0.4 is 15.2 Å².